The third kappa shape index (κ3) is 7.03. The highest BCUT2D eigenvalue weighted by Crippen LogP contribution is 2.29. The van der Waals surface area contributed by atoms with Crippen LogP contribution >= 0.6 is 23.1 Å². The van der Waals surface area contributed by atoms with E-state index in [4.69, 9.17) is 0 Å². The van der Waals surface area contributed by atoms with Gasteiger partial charge in [0.2, 0.25) is 0 Å². The first-order valence-corrected chi connectivity index (χ1v) is 8.69. The molecule has 0 saturated carbocycles. The fraction of sp³-hybridized carbons (Fsp3) is 0.667. The van der Waals surface area contributed by atoms with Crippen molar-refractivity contribution in [3.8, 4) is 0 Å². The Morgan fingerprint density at radius 3 is 2.67 bits per heavy atom. The van der Waals surface area contributed by atoms with Gasteiger partial charge in [0.15, 0.2) is 11.7 Å². The first-order chi connectivity index (χ1) is 9.97. The minimum absolute atomic E-state index is 0.437. The Bertz CT molecular complexity index is 446. The number of halogens is 3. The van der Waals surface area contributed by atoms with Crippen molar-refractivity contribution in [2.45, 2.75) is 19.0 Å². The van der Waals surface area contributed by atoms with E-state index in [9.17, 15) is 13.2 Å². The Balaban J connectivity index is 2.30. The lowest BCUT2D eigenvalue weighted by molar-refractivity contribution is -0.140. The summed E-state index contributed by atoms with van der Waals surface area (Å²) < 4.78 is 37.2. The number of thiazole rings is 1. The van der Waals surface area contributed by atoms with E-state index in [0.717, 1.165) is 35.4 Å². The highest BCUT2D eigenvalue weighted by atomic mass is 32.2. The second-order valence-electron chi connectivity index (χ2n) is 4.15. The second-order valence-corrected chi connectivity index (χ2v) is 6.07. The van der Waals surface area contributed by atoms with E-state index in [0.29, 0.717) is 23.9 Å². The minimum Gasteiger partial charge on any atom is -0.356 e. The summed E-state index contributed by atoms with van der Waals surface area (Å²) in [5, 5.41) is 7.72. The Morgan fingerprint density at radius 2 is 2.10 bits per heavy atom. The Morgan fingerprint density at radius 1 is 1.38 bits per heavy atom. The predicted molar refractivity (Wildman–Crippen MR) is 83.2 cm³/mol. The highest BCUT2D eigenvalue weighted by Gasteiger charge is 2.33. The Hall–Kier alpha value is -0.960. The summed E-state index contributed by atoms with van der Waals surface area (Å²) in [4.78, 5) is 7.63. The van der Waals surface area contributed by atoms with Crippen molar-refractivity contribution < 1.29 is 13.2 Å². The Labute approximate surface area is 130 Å². The number of rotatable bonds is 7. The van der Waals surface area contributed by atoms with Gasteiger partial charge in [-0.15, -0.1) is 11.3 Å². The van der Waals surface area contributed by atoms with Crippen LogP contribution in [0.3, 0.4) is 0 Å². The zero-order valence-electron chi connectivity index (χ0n) is 12.0. The molecule has 0 unspecified atom stereocenters. The molecule has 1 heterocycles. The molecule has 0 aliphatic heterocycles. The number of nitrogens with zero attached hydrogens (tertiary/aromatic N) is 2. The van der Waals surface area contributed by atoms with E-state index in [2.05, 4.69) is 26.9 Å². The van der Waals surface area contributed by atoms with Gasteiger partial charge < -0.3 is 10.6 Å². The summed E-state index contributed by atoms with van der Waals surface area (Å²) in [5.74, 6) is 1.73. The Kier molecular flexibility index (Phi) is 7.87. The second kappa shape index (κ2) is 9.14. The smallest absolute Gasteiger partial charge is 0.356 e. The zero-order valence-corrected chi connectivity index (χ0v) is 13.6. The van der Waals surface area contributed by atoms with E-state index in [1.807, 2.05) is 0 Å². The summed E-state index contributed by atoms with van der Waals surface area (Å²) in [6.07, 6.45) is -0.844. The fourth-order valence-corrected chi connectivity index (χ4v) is 2.73. The first kappa shape index (κ1) is 18.1. The van der Waals surface area contributed by atoms with E-state index >= 15 is 0 Å². The molecule has 0 atom stereocenters. The van der Waals surface area contributed by atoms with Crippen molar-refractivity contribution >= 4 is 29.1 Å². The topological polar surface area (TPSA) is 49.3 Å². The summed E-state index contributed by atoms with van der Waals surface area (Å²) in [7, 11) is 1.66. The standard InChI is InChI=1S/C12H19F3N4S2/c1-16-11(17-5-3-7-20-2)18-6-4-10-19-9(8-21-10)12(13,14)15/h8H,3-7H2,1-2H3,(H2,16,17,18). The maximum atomic E-state index is 12.4. The monoisotopic (exact) mass is 340 g/mol. The molecule has 0 bridgehead atoms. The van der Waals surface area contributed by atoms with Gasteiger partial charge in [-0.3, -0.25) is 4.99 Å². The van der Waals surface area contributed by atoms with Gasteiger partial charge in [0.25, 0.3) is 0 Å². The number of hydrogen-bond donors (Lipinski definition) is 2. The van der Waals surface area contributed by atoms with Gasteiger partial charge >= 0.3 is 6.18 Å². The third-order valence-corrected chi connectivity index (χ3v) is 4.12. The number of nitrogens with one attached hydrogen (secondary N) is 2. The number of aromatic nitrogens is 1. The van der Waals surface area contributed by atoms with Crippen LogP contribution in [-0.2, 0) is 12.6 Å². The molecule has 0 amide bonds. The van der Waals surface area contributed by atoms with Crippen molar-refractivity contribution in [2.24, 2.45) is 4.99 Å². The van der Waals surface area contributed by atoms with Gasteiger partial charge in [0.05, 0.1) is 5.01 Å². The van der Waals surface area contributed by atoms with E-state index in [-0.39, 0.29) is 0 Å². The fourth-order valence-electron chi connectivity index (χ4n) is 1.49. The van der Waals surface area contributed by atoms with Crippen LogP contribution in [0.1, 0.15) is 17.1 Å². The van der Waals surface area contributed by atoms with Crippen molar-refractivity contribution in [2.75, 3.05) is 32.1 Å². The predicted octanol–water partition coefficient (Wildman–Crippen LogP) is 2.62. The molecular formula is C12H19F3N4S2. The molecular weight excluding hydrogens is 321 g/mol. The van der Waals surface area contributed by atoms with Crippen molar-refractivity contribution in [3.05, 3.63) is 16.1 Å². The van der Waals surface area contributed by atoms with Crippen molar-refractivity contribution in [3.63, 3.8) is 0 Å². The van der Waals surface area contributed by atoms with Gasteiger partial charge in [0, 0.05) is 31.9 Å². The molecule has 9 heteroatoms. The van der Waals surface area contributed by atoms with Crippen LogP contribution < -0.4 is 10.6 Å². The molecule has 0 aliphatic carbocycles. The van der Waals surface area contributed by atoms with Crippen LogP contribution in [0.15, 0.2) is 10.4 Å². The largest absolute Gasteiger partial charge is 0.434 e. The summed E-state index contributed by atoms with van der Waals surface area (Å²) >= 11 is 2.81. The molecule has 120 valence electrons. The lowest BCUT2D eigenvalue weighted by Gasteiger charge is -2.10. The molecule has 1 aromatic rings. The summed E-state index contributed by atoms with van der Waals surface area (Å²) in [6.45, 7) is 1.31. The first-order valence-electron chi connectivity index (χ1n) is 6.42. The van der Waals surface area contributed by atoms with Gasteiger partial charge in [-0.1, -0.05) is 0 Å². The van der Waals surface area contributed by atoms with Crippen LogP contribution in [-0.4, -0.2) is 43.1 Å². The van der Waals surface area contributed by atoms with Crippen LogP contribution in [0.5, 0.6) is 0 Å². The van der Waals surface area contributed by atoms with Gasteiger partial charge in [-0.2, -0.15) is 24.9 Å². The zero-order chi connectivity index (χ0) is 15.7. The van der Waals surface area contributed by atoms with Crippen LogP contribution in [0.25, 0.3) is 0 Å². The average Bonchev–Trinajstić information content (AvgIpc) is 2.90. The van der Waals surface area contributed by atoms with Gasteiger partial charge in [0.1, 0.15) is 0 Å². The van der Waals surface area contributed by atoms with Crippen LogP contribution in [0.2, 0.25) is 0 Å². The van der Waals surface area contributed by atoms with Gasteiger partial charge in [-0.05, 0) is 18.4 Å². The number of guanidine groups is 1. The quantitative estimate of drug-likeness (QED) is 0.455. The third-order valence-electron chi connectivity index (χ3n) is 2.51. The van der Waals surface area contributed by atoms with E-state index < -0.39 is 11.9 Å². The number of aliphatic imine (C=N–C) groups is 1. The molecule has 0 fully saturated rings. The van der Waals surface area contributed by atoms with Gasteiger partial charge in [-0.25, -0.2) is 4.98 Å². The molecule has 21 heavy (non-hydrogen) atoms. The molecule has 0 spiro atoms. The van der Waals surface area contributed by atoms with Crippen molar-refractivity contribution in [1.82, 2.24) is 15.6 Å². The van der Waals surface area contributed by atoms with E-state index in [1.54, 1.807) is 18.8 Å². The lowest BCUT2D eigenvalue weighted by atomic mass is 10.4. The van der Waals surface area contributed by atoms with E-state index in [1.165, 1.54) is 0 Å². The summed E-state index contributed by atoms with van der Waals surface area (Å²) in [5.41, 5.74) is -0.818. The SMILES string of the molecule is CN=C(NCCCSC)NCCc1nc(C(F)(F)F)cs1. The van der Waals surface area contributed by atoms with Crippen molar-refractivity contribution in [1.29, 1.82) is 0 Å². The molecule has 1 rings (SSSR count). The molecule has 2 N–H and O–H groups in total. The minimum atomic E-state index is -4.36. The molecule has 4 nitrogen and oxygen atoms in total. The molecule has 0 radical (unpaired) electrons. The maximum Gasteiger partial charge on any atom is 0.434 e. The molecule has 0 aliphatic rings. The van der Waals surface area contributed by atoms with Crippen LogP contribution in [0, 0.1) is 0 Å². The normalized spacial score (nSPS) is 12.5. The van der Waals surface area contributed by atoms with Crippen LogP contribution in [0.4, 0.5) is 13.2 Å². The average molecular weight is 340 g/mol. The maximum absolute atomic E-state index is 12.4. The molecule has 0 saturated heterocycles. The molecule has 1 aromatic heterocycles. The molecule has 0 aromatic carbocycles. The summed E-state index contributed by atoms with van der Waals surface area (Å²) in [6, 6.07) is 0. The number of thioether (sulfide) groups is 1. The lowest BCUT2D eigenvalue weighted by Crippen LogP contribution is -2.38. The number of alkyl halides is 3. The number of hydrogen-bond acceptors (Lipinski definition) is 4. The highest BCUT2D eigenvalue weighted by molar-refractivity contribution is 7.98.